The first kappa shape index (κ1) is 13.7. The standard InChI is InChI=1S/C5H12O4S4/c1-12(6,10)8-4-3-5-9-13(2,7)11/h3-5H2,1-2H3. The van der Waals surface area contributed by atoms with E-state index in [4.69, 9.17) is 8.37 Å². The summed E-state index contributed by atoms with van der Waals surface area (Å²) in [7, 11) is -5.12. The van der Waals surface area contributed by atoms with E-state index in [0.717, 1.165) is 0 Å². The highest BCUT2D eigenvalue weighted by atomic mass is 32.8. The second kappa shape index (κ2) is 5.52. The third-order valence-corrected chi connectivity index (χ3v) is 2.65. The first-order chi connectivity index (χ1) is 5.71. The second-order valence-corrected chi connectivity index (χ2v) is 9.33. The first-order valence-corrected chi connectivity index (χ1v) is 9.03. The summed E-state index contributed by atoms with van der Waals surface area (Å²) < 4.78 is 31.2. The monoisotopic (exact) mass is 264 g/mol. The van der Waals surface area contributed by atoms with Gasteiger partial charge < -0.3 is 0 Å². The minimum absolute atomic E-state index is 0.226. The average Bonchev–Trinajstić information content (AvgIpc) is 1.81. The zero-order valence-electron chi connectivity index (χ0n) is 7.39. The van der Waals surface area contributed by atoms with E-state index in [1.807, 2.05) is 0 Å². The van der Waals surface area contributed by atoms with Gasteiger partial charge in [0.2, 0.25) is 0 Å². The minimum Gasteiger partial charge on any atom is -0.290 e. The molecule has 0 spiro atoms. The van der Waals surface area contributed by atoms with Crippen LogP contribution < -0.4 is 0 Å². The maximum absolute atomic E-state index is 10.8. The molecule has 0 aliphatic carbocycles. The molecule has 4 nitrogen and oxygen atoms in total. The van der Waals surface area contributed by atoms with Crippen LogP contribution in [0.25, 0.3) is 0 Å². The highest BCUT2D eigenvalue weighted by Crippen LogP contribution is 1.94. The zero-order valence-corrected chi connectivity index (χ0v) is 10.7. The van der Waals surface area contributed by atoms with E-state index >= 15 is 0 Å². The Morgan fingerprint density at radius 1 is 1.00 bits per heavy atom. The number of hydrogen-bond donors (Lipinski definition) is 0. The summed E-state index contributed by atoms with van der Waals surface area (Å²) in [6, 6.07) is 0. The lowest BCUT2D eigenvalue weighted by Gasteiger charge is -2.03. The summed E-state index contributed by atoms with van der Waals surface area (Å²) in [5.74, 6) is 0. The van der Waals surface area contributed by atoms with Crippen molar-refractivity contribution in [1.29, 1.82) is 0 Å². The van der Waals surface area contributed by atoms with Gasteiger partial charge in [0.1, 0.15) is 17.5 Å². The van der Waals surface area contributed by atoms with Gasteiger partial charge in [-0.05, 0) is 6.42 Å². The predicted molar refractivity (Wildman–Crippen MR) is 59.4 cm³/mol. The Hall–Kier alpha value is 0.660. The lowest BCUT2D eigenvalue weighted by atomic mass is 10.5. The van der Waals surface area contributed by atoms with Crippen molar-refractivity contribution in [3.8, 4) is 0 Å². The summed E-state index contributed by atoms with van der Waals surface area (Å²) >= 11 is 8.99. The van der Waals surface area contributed by atoms with Crippen LogP contribution in [-0.2, 0) is 48.3 Å². The van der Waals surface area contributed by atoms with Gasteiger partial charge in [0, 0.05) is 34.9 Å². The maximum Gasteiger partial charge on any atom is 0.141 e. The largest absolute Gasteiger partial charge is 0.290 e. The highest BCUT2D eigenvalue weighted by Gasteiger charge is 1.99. The molecule has 0 bridgehead atoms. The summed E-state index contributed by atoms with van der Waals surface area (Å²) in [4.78, 5) is 0. The van der Waals surface area contributed by atoms with Gasteiger partial charge in [-0.1, -0.05) is 0 Å². The normalized spacial score (nSPS) is 20.5. The summed E-state index contributed by atoms with van der Waals surface area (Å²) in [6.07, 6.45) is 3.14. The van der Waals surface area contributed by atoms with Crippen molar-refractivity contribution in [2.45, 2.75) is 6.42 Å². The van der Waals surface area contributed by atoms with Gasteiger partial charge >= 0.3 is 0 Å². The Labute approximate surface area is 88.7 Å². The average molecular weight is 264 g/mol. The topological polar surface area (TPSA) is 52.6 Å². The molecule has 0 amide bonds. The fourth-order valence-corrected chi connectivity index (χ4v) is 1.73. The van der Waals surface area contributed by atoms with Crippen molar-refractivity contribution < 1.29 is 16.8 Å². The van der Waals surface area contributed by atoms with E-state index in [0.29, 0.717) is 6.42 Å². The van der Waals surface area contributed by atoms with Gasteiger partial charge in [-0.2, -0.15) is 0 Å². The molecule has 0 fully saturated rings. The van der Waals surface area contributed by atoms with Gasteiger partial charge in [-0.15, -0.1) is 0 Å². The minimum atomic E-state index is -2.56. The number of hydrogen-bond acceptors (Lipinski definition) is 6. The van der Waals surface area contributed by atoms with Gasteiger partial charge in [0.05, 0.1) is 13.2 Å². The Bertz CT molecular complexity index is 294. The van der Waals surface area contributed by atoms with Crippen LogP contribution in [-0.4, -0.2) is 34.1 Å². The molecular weight excluding hydrogens is 252 g/mol. The van der Waals surface area contributed by atoms with Gasteiger partial charge in [0.25, 0.3) is 0 Å². The van der Waals surface area contributed by atoms with Crippen LogP contribution in [0.4, 0.5) is 0 Å². The van der Waals surface area contributed by atoms with E-state index in [1.165, 1.54) is 12.5 Å². The lowest BCUT2D eigenvalue weighted by molar-refractivity contribution is 0.276. The Morgan fingerprint density at radius 3 is 1.54 bits per heavy atom. The molecule has 80 valence electrons. The molecule has 8 heteroatoms. The molecule has 0 aromatic rings. The molecule has 0 aliphatic heterocycles. The maximum atomic E-state index is 10.8. The molecule has 0 aromatic heterocycles. The predicted octanol–water partition coefficient (Wildman–Crippen LogP) is -0.00810. The number of rotatable bonds is 6. The molecule has 0 saturated carbocycles. The van der Waals surface area contributed by atoms with E-state index in [9.17, 15) is 8.42 Å². The quantitative estimate of drug-likeness (QED) is 0.629. The molecule has 2 atom stereocenters. The van der Waals surface area contributed by atoms with Crippen molar-refractivity contribution in [3.05, 3.63) is 0 Å². The van der Waals surface area contributed by atoms with Crippen LogP contribution in [0.5, 0.6) is 0 Å². The second-order valence-electron chi connectivity index (χ2n) is 2.41. The van der Waals surface area contributed by atoms with Crippen molar-refractivity contribution in [2.75, 3.05) is 25.7 Å². The van der Waals surface area contributed by atoms with Gasteiger partial charge in [-0.25, -0.2) is 8.42 Å². The third-order valence-electron chi connectivity index (χ3n) is 0.883. The molecule has 0 saturated heterocycles. The van der Waals surface area contributed by atoms with Gasteiger partial charge in [0.15, 0.2) is 0 Å². The Morgan fingerprint density at radius 2 is 1.31 bits per heavy atom. The SMILES string of the molecule is CS(=O)(=S)OCCCOS(C)(=O)=S. The molecule has 0 rings (SSSR count). The zero-order chi connectivity index (χ0) is 10.5. The Balaban J connectivity index is 3.50. The van der Waals surface area contributed by atoms with Crippen molar-refractivity contribution in [2.24, 2.45) is 0 Å². The molecule has 0 aromatic carbocycles. The van der Waals surface area contributed by atoms with Crippen LogP contribution in [0.2, 0.25) is 0 Å². The molecule has 0 radical (unpaired) electrons. The van der Waals surface area contributed by atoms with E-state index in [1.54, 1.807) is 0 Å². The van der Waals surface area contributed by atoms with Crippen molar-refractivity contribution >= 4 is 39.9 Å². The fourth-order valence-electron chi connectivity index (χ4n) is 0.480. The molecule has 0 N–H and O–H groups in total. The fraction of sp³-hybridized carbons (Fsp3) is 1.00. The molecule has 2 unspecified atom stereocenters. The summed E-state index contributed by atoms with van der Waals surface area (Å²) in [6.45, 7) is 0.452. The molecule has 13 heavy (non-hydrogen) atoms. The molecular formula is C5H12O4S4. The van der Waals surface area contributed by atoms with Gasteiger partial charge in [-0.3, -0.25) is 8.37 Å². The van der Waals surface area contributed by atoms with E-state index < -0.39 is 17.5 Å². The van der Waals surface area contributed by atoms with E-state index in [2.05, 4.69) is 22.4 Å². The van der Waals surface area contributed by atoms with Crippen LogP contribution in [0.15, 0.2) is 0 Å². The smallest absolute Gasteiger partial charge is 0.141 e. The highest BCUT2D eigenvalue weighted by molar-refractivity contribution is 8.30. The third kappa shape index (κ3) is 12.7. The van der Waals surface area contributed by atoms with Crippen LogP contribution in [0.1, 0.15) is 6.42 Å². The molecule has 0 aliphatic rings. The molecule has 0 heterocycles. The van der Waals surface area contributed by atoms with Crippen LogP contribution in [0, 0.1) is 0 Å². The summed E-state index contributed by atoms with van der Waals surface area (Å²) in [5, 5.41) is 0. The van der Waals surface area contributed by atoms with Crippen molar-refractivity contribution in [1.82, 2.24) is 0 Å². The summed E-state index contributed by atoms with van der Waals surface area (Å²) in [5.41, 5.74) is 0. The van der Waals surface area contributed by atoms with Crippen LogP contribution >= 0.6 is 0 Å². The van der Waals surface area contributed by atoms with E-state index in [-0.39, 0.29) is 13.2 Å². The lowest BCUT2D eigenvalue weighted by Crippen LogP contribution is -2.08. The first-order valence-electron chi connectivity index (χ1n) is 3.39. The van der Waals surface area contributed by atoms with Crippen molar-refractivity contribution in [3.63, 3.8) is 0 Å². The Kier molecular flexibility index (Phi) is 5.80. The van der Waals surface area contributed by atoms with Crippen LogP contribution in [0.3, 0.4) is 0 Å².